The van der Waals surface area contributed by atoms with Crippen LogP contribution in [0.1, 0.15) is 24.4 Å². The monoisotopic (exact) mass is 377 g/mol. The lowest BCUT2D eigenvalue weighted by Gasteiger charge is -2.35. The normalized spacial score (nSPS) is 16.7. The van der Waals surface area contributed by atoms with Gasteiger partial charge in [-0.05, 0) is 17.7 Å². The van der Waals surface area contributed by atoms with Crippen LogP contribution in [-0.2, 0) is 23.1 Å². The van der Waals surface area contributed by atoms with E-state index in [0.29, 0.717) is 19.5 Å². The van der Waals surface area contributed by atoms with Crippen LogP contribution in [0.2, 0.25) is 0 Å². The minimum absolute atomic E-state index is 0. The highest BCUT2D eigenvalue weighted by Crippen LogP contribution is 2.22. The first-order valence-electron chi connectivity index (χ1n) is 8.38. The maximum atomic E-state index is 12.8. The molecule has 2 N–H and O–H groups in total. The van der Waals surface area contributed by atoms with Crippen LogP contribution in [0.4, 0.5) is 5.69 Å². The molecule has 1 atom stereocenters. The number of aryl methyl sites for hydroxylation is 1. The average Bonchev–Trinajstić information content (AvgIpc) is 3.02. The second-order valence-electron chi connectivity index (χ2n) is 6.26. The van der Waals surface area contributed by atoms with Crippen LogP contribution in [0.3, 0.4) is 0 Å². The second kappa shape index (κ2) is 8.82. The van der Waals surface area contributed by atoms with Crippen molar-refractivity contribution in [1.82, 2.24) is 19.8 Å². The number of carbonyl (C=O) groups excluding carboxylic acids is 2. The molecule has 3 rings (SSSR count). The number of rotatable bonds is 4. The lowest BCUT2D eigenvalue weighted by molar-refractivity contribution is -0.134. The summed E-state index contributed by atoms with van der Waals surface area (Å²) in [5.74, 6) is 0.867. The number of anilines is 1. The van der Waals surface area contributed by atoms with E-state index in [9.17, 15) is 9.59 Å². The van der Waals surface area contributed by atoms with Gasteiger partial charge in [-0.1, -0.05) is 12.1 Å². The summed E-state index contributed by atoms with van der Waals surface area (Å²) in [5.41, 5.74) is 1.66. The van der Waals surface area contributed by atoms with Gasteiger partial charge in [-0.2, -0.15) is 0 Å². The van der Waals surface area contributed by atoms with Gasteiger partial charge in [0.2, 0.25) is 11.8 Å². The van der Waals surface area contributed by atoms with Gasteiger partial charge in [-0.15, -0.1) is 12.4 Å². The van der Waals surface area contributed by atoms with E-state index in [0.717, 1.165) is 23.6 Å². The van der Waals surface area contributed by atoms with Crippen molar-refractivity contribution in [2.24, 2.45) is 7.05 Å². The van der Waals surface area contributed by atoms with Gasteiger partial charge in [-0.25, -0.2) is 4.98 Å². The van der Waals surface area contributed by atoms with Crippen molar-refractivity contribution in [1.29, 1.82) is 0 Å². The molecule has 0 saturated carbocycles. The topological polar surface area (TPSA) is 79.3 Å². The van der Waals surface area contributed by atoms with Crippen LogP contribution in [0.15, 0.2) is 36.7 Å². The molecule has 1 aromatic heterocycles. The highest BCUT2D eigenvalue weighted by molar-refractivity contribution is 5.88. The fraction of sp³-hybridized carbons (Fsp3) is 0.389. The number of nitrogens with one attached hydrogen (secondary N) is 2. The van der Waals surface area contributed by atoms with Crippen LogP contribution >= 0.6 is 12.4 Å². The van der Waals surface area contributed by atoms with Crippen molar-refractivity contribution in [3.8, 4) is 0 Å². The minimum Gasteiger partial charge on any atom is -0.336 e. The van der Waals surface area contributed by atoms with Gasteiger partial charge in [0.25, 0.3) is 0 Å². The molecule has 140 valence electrons. The van der Waals surface area contributed by atoms with Crippen LogP contribution in [0.25, 0.3) is 0 Å². The Labute approximate surface area is 159 Å². The van der Waals surface area contributed by atoms with Gasteiger partial charge >= 0.3 is 0 Å². The number of amides is 2. The molecule has 1 saturated heterocycles. The fourth-order valence-electron chi connectivity index (χ4n) is 3.12. The zero-order valence-electron chi connectivity index (χ0n) is 14.9. The number of aromatic nitrogens is 2. The van der Waals surface area contributed by atoms with Gasteiger partial charge in [0.1, 0.15) is 11.9 Å². The Kier molecular flexibility index (Phi) is 6.76. The summed E-state index contributed by atoms with van der Waals surface area (Å²) in [4.78, 5) is 30.2. The number of nitrogens with zero attached hydrogens (tertiary/aromatic N) is 3. The van der Waals surface area contributed by atoms with E-state index in [1.54, 1.807) is 6.20 Å². The van der Waals surface area contributed by atoms with Crippen LogP contribution in [0, 0.1) is 0 Å². The highest BCUT2D eigenvalue weighted by atomic mass is 35.5. The predicted octanol–water partition coefficient (Wildman–Crippen LogP) is 1.52. The molecule has 2 heterocycles. The summed E-state index contributed by atoms with van der Waals surface area (Å²) in [7, 11) is 1.94. The molecule has 0 aliphatic carbocycles. The third kappa shape index (κ3) is 4.62. The van der Waals surface area contributed by atoms with Gasteiger partial charge in [-0.3, -0.25) is 9.59 Å². The molecule has 7 nitrogen and oxygen atoms in total. The lowest BCUT2D eigenvalue weighted by atomic mass is 10.1. The van der Waals surface area contributed by atoms with Crippen LogP contribution in [-0.4, -0.2) is 45.9 Å². The Hall–Kier alpha value is -2.38. The Morgan fingerprint density at radius 2 is 2.04 bits per heavy atom. The number of hydrogen-bond donors (Lipinski definition) is 2. The minimum atomic E-state index is -0.109. The Bertz CT molecular complexity index is 759. The molecule has 26 heavy (non-hydrogen) atoms. The molecule has 1 fully saturated rings. The third-order valence-corrected chi connectivity index (χ3v) is 4.35. The molecule has 1 aliphatic rings. The van der Waals surface area contributed by atoms with Crippen molar-refractivity contribution >= 4 is 29.9 Å². The van der Waals surface area contributed by atoms with Crippen molar-refractivity contribution < 1.29 is 9.59 Å². The maximum absolute atomic E-state index is 12.8. The number of hydrogen-bond acceptors (Lipinski definition) is 4. The summed E-state index contributed by atoms with van der Waals surface area (Å²) < 4.78 is 1.96. The molecule has 2 aromatic rings. The van der Waals surface area contributed by atoms with Gasteiger partial charge in [0.05, 0.1) is 6.42 Å². The zero-order chi connectivity index (χ0) is 17.8. The summed E-state index contributed by atoms with van der Waals surface area (Å²) in [5, 5.41) is 6.06. The van der Waals surface area contributed by atoms with E-state index < -0.39 is 0 Å². The molecule has 1 aliphatic heterocycles. The third-order valence-electron chi connectivity index (χ3n) is 4.35. The number of imidazole rings is 1. The van der Waals surface area contributed by atoms with Crippen molar-refractivity contribution in [3.05, 3.63) is 48.0 Å². The predicted molar refractivity (Wildman–Crippen MR) is 102 cm³/mol. The average molecular weight is 378 g/mol. The van der Waals surface area contributed by atoms with Crippen molar-refractivity contribution in [3.63, 3.8) is 0 Å². The standard InChI is InChI=1S/C18H23N5O2.ClH/c1-13(24)21-15-5-3-14(4-6-15)11-17(25)23-10-7-19-12-16(23)18-20-8-9-22(18)2;/h3-6,8-9,16,19H,7,10-12H2,1-2H3,(H,21,24);1H. The van der Waals surface area contributed by atoms with Gasteiger partial charge in [0.15, 0.2) is 0 Å². The Morgan fingerprint density at radius 3 is 2.65 bits per heavy atom. The van der Waals surface area contributed by atoms with E-state index in [2.05, 4.69) is 15.6 Å². The van der Waals surface area contributed by atoms with E-state index in [1.165, 1.54) is 6.92 Å². The smallest absolute Gasteiger partial charge is 0.227 e. The van der Waals surface area contributed by atoms with Gasteiger partial charge in [0, 0.05) is 51.7 Å². The number of piperazine rings is 1. The van der Waals surface area contributed by atoms with E-state index in [1.807, 2.05) is 47.0 Å². The summed E-state index contributed by atoms with van der Waals surface area (Å²) in [6, 6.07) is 7.33. The van der Waals surface area contributed by atoms with Gasteiger partial charge < -0.3 is 20.1 Å². The first-order valence-corrected chi connectivity index (χ1v) is 8.38. The summed E-state index contributed by atoms with van der Waals surface area (Å²) >= 11 is 0. The molecule has 0 spiro atoms. The quantitative estimate of drug-likeness (QED) is 0.846. The van der Waals surface area contributed by atoms with Crippen molar-refractivity contribution in [2.45, 2.75) is 19.4 Å². The molecule has 0 bridgehead atoms. The number of halogens is 1. The first-order chi connectivity index (χ1) is 12.0. The van der Waals surface area contributed by atoms with E-state index >= 15 is 0 Å². The largest absolute Gasteiger partial charge is 0.336 e. The summed E-state index contributed by atoms with van der Waals surface area (Å²) in [6.45, 7) is 3.63. The Balaban J connectivity index is 0.00000243. The van der Waals surface area contributed by atoms with E-state index in [-0.39, 0.29) is 30.3 Å². The van der Waals surface area contributed by atoms with E-state index in [4.69, 9.17) is 0 Å². The Morgan fingerprint density at radius 1 is 1.31 bits per heavy atom. The first kappa shape index (κ1) is 19.9. The molecule has 2 amide bonds. The molecule has 1 unspecified atom stereocenters. The highest BCUT2D eigenvalue weighted by Gasteiger charge is 2.30. The number of benzene rings is 1. The van der Waals surface area contributed by atoms with Crippen LogP contribution in [0.5, 0.6) is 0 Å². The molecule has 0 radical (unpaired) electrons. The fourth-order valence-corrected chi connectivity index (χ4v) is 3.12. The van der Waals surface area contributed by atoms with Crippen LogP contribution < -0.4 is 10.6 Å². The lowest BCUT2D eigenvalue weighted by Crippen LogP contribution is -2.49. The number of carbonyl (C=O) groups is 2. The van der Waals surface area contributed by atoms with Crippen molar-refractivity contribution in [2.75, 3.05) is 25.0 Å². The maximum Gasteiger partial charge on any atom is 0.227 e. The zero-order valence-corrected chi connectivity index (χ0v) is 15.8. The SMILES string of the molecule is CC(=O)Nc1ccc(CC(=O)N2CCNCC2c2nccn2C)cc1.Cl. The molecular formula is C18H24ClN5O2. The second-order valence-corrected chi connectivity index (χ2v) is 6.26. The molecular weight excluding hydrogens is 354 g/mol. The molecule has 8 heteroatoms. The summed E-state index contributed by atoms with van der Waals surface area (Å²) in [6.07, 6.45) is 3.99. The molecule has 1 aromatic carbocycles.